The van der Waals surface area contributed by atoms with Crippen molar-refractivity contribution in [3.05, 3.63) is 11.9 Å². The van der Waals surface area contributed by atoms with Crippen LogP contribution in [0.2, 0.25) is 0 Å². The maximum atomic E-state index is 12.2. The fraction of sp³-hybridized carbons (Fsp3) is 0.636. The van der Waals surface area contributed by atoms with Gasteiger partial charge >= 0.3 is 6.18 Å². The second-order valence-electron chi connectivity index (χ2n) is 4.10. The standard InChI is InChI=1S/C11H17F3N4/c1-3-4-8-9(15)16-7-17-10(8)18(2)6-5-11(12,13)14/h7H,3-6H2,1-2H3,(H2,15,16,17). The molecule has 0 saturated heterocycles. The third-order valence-electron chi connectivity index (χ3n) is 2.55. The normalized spacial score (nSPS) is 11.6. The molecule has 18 heavy (non-hydrogen) atoms. The van der Waals surface area contributed by atoms with Crippen molar-refractivity contribution in [2.24, 2.45) is 0 Å². The molecule has 0 bridgehead atoms. The fourth-order valence-corrected chi connectivity index (χ4v) is 1.64. The van der Waals surface area contributed by atoms with Crippen LogP contribution in [0.5, 0.6) is 0 Å². The minimum absolute atomic E-state index is 0.142. The first kappa shape index (κ1) is 14.5. The van der Waals surface area contributed by atoms with Gasteiger partial charge in [-0.3, -0.25) is 0 Å². The molecule has 0 aliphatic heterocycles. The molecule has 7 heteroatoms. The number of aromatic nitrogens is 2. The monoisotopic (exact) mass is 262 g/mol. The molecule has 1 rings (SSSR count). The van der Waals surface area contributed by atoms with Crippen molar-refractivity contribution in [2.45, 2.75) is 32.4 Å². The minimum atomic E-state index is -4.17. The van der Waals surface area contributed by atoms with E-state index in [0.717, 1.165) is 6.42 Å². The van der Waals surface area contributed by atoms with Crippen LogP contribution in [0.4, 0.5) is 24.8 Å². The number of hydrogen-bond donors (Lipinski definition) is 1. The third kappa shape index (κ3) is 4.05. The van der Waals surface area contributed by atoms with E-state index in [0.29, 0.717) is 23.6 Å². The van der Waals surface area contributed by atoms with E-state index < -0.39 is 12.6 Å². The number of alkyl halides is 3. The van der Waals surface area contributed by atoms with Crippen LogP contribution < -0.4 is 10.6 Å². The highest BCUT2D eigenvalue weighted by molar-refractivity contribution is 5.56. The van der Waals surface area contributed by atoms with Gasteiger partial charge in [0, 0.05) is 19.2 Å². The molecule has 0 atom stereocenters. The quantitative estimate of drug-likeness (QED) is 0.885. The summed E-state index contributed by atoms with van der Waals surface area (Å²) in [6.45, 7) is 1.82. The maximum Gasteiger partial charge on any atom is 0.390 e. The average molecular weight is 262 g/mol. The molecular weight excluding hydrogens is 245 g/mol. The van der Waals surface area contributed by atoms with E-state index in [1.807, 2.05) is 6.92 Å². The van der Waals surface area contributed by atoms with Crippen molar-refractivity contribution < 1.29 is 13.2 Å². The molecule has 102 valence electrons. The third-order valence-corrected chi connectivity index (χ3v) is 2.55. The van der Waals surface area contributed by atoms with Crippen LogP contribution in [0.25, 0.3) is 0 Å². The van der Waals surface area contributed by atoms with Gasteiger partial charge in [-0.2, -0.15) is 13.2 Å². The summed E-state index contributed by atoms with van der Waals surface area (Å²) < 4.78 is 36.5. The molecule has 0 amide bonds. The summed E-state index contributed by atoms with van der Waals surface area (Å²) in [5.74, 6) is 0.814. The van der Waals surface area contributed by atoms with Crippen LogP contribution >= 0.6 is 0 Å². The number of nitrogens with two attached hydrogens (primary N) is 1. The summed E-state index contributed by atoms with van der Waals surface area (Å²) in [6, 6.07) is 0. The van der Waals surface area contributed by atoms with E-state index in [1.165, 1.54) is 11.2 Å². The van der Waals surface area contributed by atoms with Gasteiger partial charge in [0.25, 0.3) is 0 Å². The highest BCUT2D eigenvalue weighted by Gasteiger charge is 2.27. The number of nitrogen functional groups attached to an aromatic ring is 1. The molecule has 2 N–H and O–H groups in total. The first-order valence-electron chi connectivity index (χ1n) is 5.72. The molecule has 0 aliphatic carbocycles. The first-order chi connectivity index (χ1) is 8.35. The topological polar surface area (TPSA) is 55.0 Å². The summed E-state index contributed by atoms with van der Waals surface area (Å²) in [7, 11) is 1.58. The van der Waals surface area contributed by atoms with Gasteiger partial charge in [0.1, 0.15) is 18.0 Å². The van der Waals surface area contributed by atoms with Gasteiger partial charge in [-0.25, -0.2) is 9.97 Å². The second kappa shape index (κ2) is 5.88. The lowest BCUT2D eigenvalue weighted by Crippen LogP contribution is -2.26. The Kier molecular flexibility index (Phi) is 4.75. The summed E-state index contributed by atoms with van der Waals surface area (Å²) in [6.07, 6.45) is -2.29. The highest BCUT2D eigenvalue weighted by Crippen LogP contribution is 2.25. The number of nitrogens with zero attached hydrogens (tertiary/aromatic N) is 3. The van der Waals surface area contributed by atoms with Crippen molar-refractivity contribution in [1.29, 1.82) is 0 Å². The van der Waals surface area contributed by atoms with Crippen molar-refractivity contribution in [3.8, 4) is 0 Å². The van der Waals surface area contributed by atoms with Gasteiger partial charge in [-0.15, -0.1) is 0 Å². The van der Waals surface area contributed by atoms with Gasteiger partial charge in [0.2, 0.25) is 0 Å². The van der Waals surface area contributed by atoms with E-state index in [-0.39, 0.29) is 6.54 Å². The second-order valence-corrected chi connectivity index (χ2v) is 4.10. The lowest BCUT2D eigenvalue weighted by Gasteiger charge is -2.22. The summed E-state index contributed by atoms with van der Waals surface area (Å²) in [4.78, 5) is 9.36. The molecule has 1 aromatic rings. The molecule has 1 aromatic heterocycles. The summed E-state index contributed by atoms with van der Waals surface area (Å²) >= 11 is 0. The molecule has 0 fully saturated rings. The van der Waals surface area contributed by atoms with Gasteiger partial charge in [-0.05, 0) is 6.42 Å². The van der Waals surface area contributed by atoms with Crippen molar-refractivity contribution >= 4 is 11.6 Å². The van der Waals surface area contributed by atoms with Crippen molar-refractivity contribution in [1.82, 2.24) is 9.97 Å². The van der Waals surface area contributed by atoms with E-state index in [2.05, 4.69) is 9.97 Å². The Hall–Kier alpha value is -1.53. The highest BCUT2D eigenvalue weighted by atomic mass is 19.4. The molecule has 1 heterocycles. The Morgan fingerprint density at radius 1 is 1.33 bits per heavy atom. The molecule has 0 spiro atoms. The molecule has 0 aliphatic rings. The van der Waals surface area contributed by atoms with E-state index in [1.54, 1.807) is 7.05 Å². The van der Waals surface area contributed by atoms with Crippen LogP contribution in [0.15, 0.2) is 6.33 Å². The van der Waals surface area contributed by atoms with Gasteiger partial charge in [0.15, 0.2) is 0 Å². The molecule has 0 saturated carbocycles. The number of halogens is 3. The van der Waals surface area contributed by atoms with E-state index >= 15 is 0 Å². The lowest BCUT2D eigenvalue weighted by molar-refractivity contribution is -0.132. The molecule has 4 nitrogen and oxygen atoms in total. The Morgan fingerprint density at radius 3 is 2.56 bits per heavy atom. The lowest BCUT2D eigenvalue weighted by atomic mass is 10.1. The predicted octanol–water partition coefficient (Wildman–Crippen LogP) is 2.40. The van der Waals surface area contributed by atoms with Crippen LogP contribution in [-0.2, 0) is 6.42 Å². The largest absolute Gasteiger partial charge is 0.390 e. The summed E-state index contributed by atoms with van der Waals surface area (Å²) in [5.41, 5.74) is 6.44. The van der Waals surface area contributed by atoms with Crippen LogP contribution in [0.1, 0.15) is 25.3 Å². The smallest absolute Gasteiger partial charge is 0.383 e. The molecule has 0 aromatic carbocycles. The molecule has 0 radical (unpaired) electrons. The van der Waals surface area contributed by atoms with Gasteiger partial charge < -0.3 is 10.6 Å². The number of hydrogen-bond acceptors (Lipinski definition) is 4. The zero-order valence-corrected chi connectivity index (χ0v) is 10.5. The van der Waals surface area contributed by atoms with Gasteiger partial charge in [-0.1, -0.05) is 13.3 Å². The van der Waals surface area contributed by atoms with E-state index in [9.17, 15) is 13.2 Å². The van der Waals surface area contributed by atoms with E-state index in [4.69, 9.17) is 5.73 Å². The Labute approximate surface area is 104 Å². The predicted molar refractivity (Wildman–Crippen MR) is 64.4 cm³/mol. The Bertz CT molecular complexity index is 392. The zero-order valence-electron chi connectivity index (χ0n) is 10.5. The zero-order chi connectivity index (χ0) is 13.8. The Morgan fingerprint density at radius 2 is 2.00 bits per heavy atom. The van der Waals surface area contributed by atoms with Gasteiger partial charge in [0.05, 0.1) is 6.42 Å². The van der Waals surface area contributed by atoms with Crippen LogP contribution in [0.3, 0.4) is 0 Å². The first-order valence-corrected chi connectivity index (χ1v) is 5.72. The Balaban J connectivity index is 2.84. The van der Waals surface area contributed by atoms with Crippen molar-refractivity contribution in [3.63, 3.8) is 0 Å². The average Bonchev–Trinajstić information content (AvgIpc) is 2.28. The number of rotatable bonds is 5. The minimum Gasteiger partial charge on any atom is -0.383 e. The summed E-state index contributed by atoms with van der Waals surface area (Å²) in [5, 5.41) is 0. The van der Waals surface area contributed by atoms with Crippen molar-refractivity contribution in [2.75, 3.05) is 24.2 Å². The van der Waals surface area contributed by atoms with Crippen LogP contribution in [0, 0.1) is 0 Å². The molecular formula is C11H17F3N4. The van der Waals surface area contributed by atoms with Crippen LogP contribution in [-0.4, -0.2) is 29.7 Å². The fourth-order valence-electron chi connectivity index (χ4n) is 1.64. The maximum absolute atomic E-state index is 12.2. The SMILES string of the molecule is CCCc1c(N)ncnc1N(C)CCC(F)(F)F. The molecule has 0 unspecified atom stereocenters. The number of anilines is 2.